The first kappa shape index (κ1) is 22.4. The molecule has 0 spiro atoms. The maximum Gasteiger partial charge on any atom is 0.434 e. The molecule has 1 heterocycles. The SMILES string of the molecule is CN=C(NCCc1nc(C(F)(F)F)cs1)NCc1cccc2ccccc12.I. The van der Waals surface area contributed by atoms with Crippen LogP contribution in [0.4, 0.5) is 13.2 Å². The van der Waals surface area contributed by atoms with Crippen molar-refractivity contribution in [1.29, 1.82) is 0 Å². The Balaban J connectivity index is 0.00000280. The van der Waals surface area contributed by atoms with Crippen LogP contribution in [0.25, 0.3) is 10.8 Å². The summed E-state index contributed by atoms with van der Waals surface area (Å²) in [6, 6.07) is 14.3. The van der Waals surface area contributed by atoms with Crippen LogP contribution < -0.4 is 10.6 Å². The Labute approximate surface area is 182 Å². The van der Waals surface area contributed by atoms with Crippen LogP contribution >= 0.6 is 35.3 Å². The molecule has 0 fully saturated rings. The second kappa shape index (κ2) is 10.1. The van der Waals surface area contributed by atoms with E-state index in [0.717, 1.165) is 22.3 Å². The number of guanidine groups is 1. The zero-order valence-electron chi connectivity index (χ0n) is 15.1. The van der Waals surface area contributed by atoms with Crippen molar-refractivity contribution in [2.24, 2.45) is 4.99 Å². The number of halogens is 4. The third-order valence-corrected chi connectivity index (χ3v) is 4.93. The van der Waals surface area contributed by atoms with Gasteiger partial charge in [0.15, 0.2) is 11.7 Å². The van der Waals surface area contributed by atoms with E-state index in [2.05, 4.69) is 44.9 Å². The minimum atomic E-state index is -4.39. The quantitative estimate of drug-likeness (QED) is 0.288. The van der Waals surface area contributed by atoms with Gasteiger partial charge in [0.2, 0.25) is 0 Å². The van der Waals surface area contributed by atoms with Crippen molar-refractivity contribution in [3.8, 4) is 0 Å². The normalized spacial score (nSPS) is 11.9. The fraction of sp³-hybridized carbons (Fsp3) is 0.263. The summed E-state index contributed by atoms with van der Waals surface area (Å²) in [5.74, 6) is 0.593. The number of fused-ring (bicyclic) bond motifs is 1. The van der Waals surface area contributed by atoms with E-state index in [1.165, 1.54) is 10.8 Å². The molecule has 150 valence electrons. The van der Waals surface area contributed by atoms with Gasteiger partial charge in [-0.15, -0.1) is 35.3 Å². The van der Waals surface area contributed by atoms with E-state index in [9.17, 15) is 13.2 Å². The van der Waals surface area contributed by atoms with Gasteiger partial charge in [-0.05, 0) is 16.3 Å². The smallest absolute Gasteiger partial charge is 0.356 e. The van der Waals surface area contributed by atoms with Crippen molar-refractivity contribution < 1.29 is 13.2 Å². The summed E-state index contributed by atoms with van der Waals surface area (Å²) < 4.78 is 37.7. The Morgan fingerprint density at radius 2 is 1.86 bits per heavy atom. The lowest BCUT2D eigenvalue weighted by atomic mass is 10.0. The van der Waals surface area contributed by atoms with Crippen LogP contribution in [0.5, 0.6) is 0 Å². The van der Waals surface area contributed by atoms with Gasteiger partial charge in [0, 0.05) is 31.9 Å². The minimum Gasteiger partial charge on any atom is -0.356 e. The second-order valence-corrected chi connectivity index (χ2v) is 6.81. The van der Waals surface area contributed by atoms with Gasteiger partial charge in [-0.3, -0.25) is 4.99 Å². The van der Waals surface area contributed by atoms with E-state index in [1.54, 1.807) is 7.05 Å². The number of hydrogen-bond acceptors (Lipinski definition) is 3. The molecule has 3 rings (SSSR count). The Morgan fingerprint density at radius 3 is 2.57 bits per heavy atom. The van der Waals surface area contributed by atoms with Gasteiger partial charge in [-0.1, -0.05) is 42.5 Å². The molecule has 4 nitrogen and oxygen atoms in total. The topological polar surface area (TPSA) is 49.3 Å². The van der Waals surface area contributed by atoms with E-state index in [0.29, 0.717) is 30.5 Å². The predicted octanol–water partition coefficient (Wildman–Crippen LogP) is 4.84. The maximum atomic E-state index is 12.6. The summed E-state index contributed by atoms with van der Waals surface area (Å²) in [5, 5.41) is 10.2. The Kier molecular flexibility index (Phi) is 8.05. The molecule has 0 aliphatic carbocycles. The highest BCUT2D eigenvalue weighted by Gasteiger charge is 2.33. The third-order valence-electron chi connectivity index (χ3n) is 4.02. The van der Waals surface area contributed by atoms with Crippen molar-refractivity contribution in [2.75, 3.05) is 13.6 Å². The Bertz CT molecular complexity index is 935. The molecule has 0 aliphatic heterocycles. The standard InChI is InChI=1S/C19H19F3N4S.HI/c1-23-18(24-10-9-17-26-16(12-27-17)19(20,21)22)25-11-14-7-4-6-13-5-2-3-8-15(13)14;/h2-8,12H,9-11H2,1H3,(H2,23,24,25);1H. The lowest BCUT2D eigenvalue weighted by Crippen LogP contribution is -2.37. The van der Waals surface area contributed by atoms with Crippen LogP contribution in [-0.2, 0) is 19.1 Å². The maximum absolute atomic E-state index is 12.6. The fourth-order valence-corrected chi connectivity index (χ4v) is 3.49. The van der Waals surface area contributed by atoms with E-state index >= 15 is 0 Å². The predicted molar refractivity (Wildman–Crippen MR) is 118 cm³/mol. The highest BCUT2D eigenvalue weighted by Crippen LogP contribution is 2.30. The number of nitrogens with one attached hydrogen (secondary N) is 2. The number of aliphatic imine (C=N–C) groups is 1. The molecule has 0 radical (unpaired) electrons. The molecule has 0 amide bonds. The number of nitrogens with zero attached hydrogens (tertiary/aromatic N) is 2. The molecule has 28 heavy (non-hydrogen) atoms. The average molecular weight is 520 g/mol. The number of thiazole rings is 1. The summed E-state index contributed by atoms with van der Waals surface area (Å²) >= 11 is 1.02. The lowest BCUT2D eigenvalue weighted by Gasteiger charge is -2.13. The number of alkyl halides is 3. The molecule has 9 heteroatoms. The molecular weight excluding hydrogens is 500 g/mol. The van der Waals surface area contributed by atoms with Gasteiger partial charge in [-0.2, -0.15) is 13.2 Å². The van der Waals surface area contributed by atoms with Crippen molar-refractivity contribution in [3.05, 3.63) is 64.1 Å². The summed E-state index contributed by atoms with van der Waals surface area (Å²) in [6.07, 6.45) is -3.99. The second-order valence-electron chi connectivity index (χ2n) is 5.87. The first-order valence-corrected chi connectivity index (χ1v) is 9.28. The van der Waals surface area contributed by atoms with E-state index in [1.807, 2.05) is 18.2 Å². The first-order valence-electron chi connectivity index (χ1n) is 8.40. The zero-order valence-corrected chi connectivity index (χ0v) is 18.2. The van der Waals surface area contributed by atoms with Crippen LogP contribution in [0, 0.1) is 0 Å². The molecule has 3 aromatic rings. The summed E-state index contributed by atoms with van der Waals surface area (Å²) in [7, 11) is 1.66. The number of aromatic nitrogens is 1. The van der Waals surface area contributed by atoms with Gasteiger partial charge in [-0.25, -0.2) is 4.98 Å². The summed E-state index contributed by atoms with van der Waals surface area (Å²) in [4.78, 5) is 7.78. The number of hydrogen-bond donors (Lipinski definition) is 2. The largest absolute Gasteiger partial charge is 0.434 e. The zero-order chi connectivity index (χ0) is 19.3. The molecule has 0 aliphatic rings. The third kappa shape index (κ3) is 5.81. The summed E-state index contributed by atoms with van der Waals surface area (Å²) in [6.45, 7) is 1.04. The van der Waals surface area contributed by atoms with Gasteiger partial charge in [0.1, 0.15) is 0 Å². The molecule has 0 unspecified atom stereocenters. The highest BCUT2D eigenvalue weighted by molar-refractivity contribution is 14.0. The van der Waals surface area contributed by atoms with Gasteiger partial charge >= 0.3 is 6.18 Å². The molecule has 0 bridgehead atoms. The van der Waals surface area contributed by atoms with Gasteiger partial charge in [0.05, 0.1) is 5.01 Å². The molecule has 0 saturated carbocycles. The molecule has 2 N–H and O–H groups in total. The molecule has 2 aromatic carbocycles. The van der Waals surface area contributed by atoms with Crippen molar-refractivity contribution in [3.63, 3.8) is 0 Å². The van der Waals surface area contributed by atoms with Gasteiger partial charge < -0.3 is 10.6 Å². The fourth-order valence-electron chi connectivity index (χ4n) is 2.69. The van der Waals surface area contributed by atoms with Gasteiger partial charge in [0.25, 0.3) is 0 Å². The van der Waals surface area contributed by atoms with Crippen LogP contribution in [0.1, 0.15) is 16.3 Å². The van der Waals surface area contributed by atoms with Crippen molar-refractivity contribution in [1.82, 2.24) is 15.6 Å². The van der Waals surface area contributed by atoms with Crippen LogP contribution in [0.2, 0.25) is 0 Å². The Hall–Kier alpha value is -1.88. The highest BCUT2D eigenvalue weighted by atomic mass is 127. The number of benzene rings is 2. The lowest BCUT2D eigenvalue weighted by molar-refractivity contribution is -0.140. The van der Waals surface area contributed by atoms with Crippen LogP contribution in [0.15, 0.2) is 52.8 Å². The molecule has 0 atom stereocenters. The average Bonchev–Trinajstić information content (AvgIpc) is 3.14. The molecule has 1 aromatic heterocycles. The number of rotatable bonds is 5. The molecule has 0 saturated heterocycles. The minimum absolute atomic E-state index is 0. The van der Waals surface area contributed by atoms with Crippen molar-refractivity contribution >= 4 is 52.0 Å². The van der Waals surface area contributed by atoms with Crippen LogP contribution in [-0.4, -0.2) is 24.5 Å². The van der Waals surface area contributed by atoms with E-state index in [4.69, 9.17) is 0 Å². The van der Waals surface area contributed by atoms with E-state index < -0.39 is 11.9 Å². The van der Waals surface area contributed by atoms with Crippen LogP contribution in [0.3, 0.4) is 0 Å². The van der Waals surface area contributed by atoms with Crippen molar-refractivity contribution in [2.45, 2.75) is 19.1 Å². The van der Waals surface area contributed by atoms with E-state index in [-0.39, 0.29) is 24.0 Å². The first-order chi connectivity index (χ1) is 13.0. The summed E-state index contributed by atoms with van der Waals surface area (Å²) in [5.41, 5.74) is 0.312. The Morgan fingerprint density at radius 1 is 1.11 bits per heavy atom. The monoisotopic (exact) mass is 520 g/mol. The molecular formula is C19H20F3IN4S.